The van der Waals surface area contributed by atoms with Gasteiger partial charge < -0.3 is 0 Å². The molecule has 0 aromatic rings. The van der Waals surface area contributed by atoms with Crippen molar-refractivity contribution in [1.82, 2.24) is 0 Å². The lowest BCUT2D eigenvalue weighted by Gasteiger charge is -2.46. The Balaban J connectivity index is -0.000000376. The van der Waals surface area contributed by atoms with E-state index in [-0.39, 0.29) is 8.80 Å². The van der Waals surface area contributed by atoms with Gasteiger partial charge in [0.05, 0.1) is 8.07 Å². The molecule has 0 bridgehead atoms. The zero-order valence-corrected chi connectivity index (χ0v) is 25.5. The summed E-state index contributed by atoms with van der Waals surface area (Å²) in [6.07, 6.45) is 0. The molecule has 0 fully saturated rings. The fraction of sp³-hybridized carbons (Fsp3) is 0.923. The maximum absolute atomic E-state index is 2.55. The first-order chi connectivity index (χ1) is 12.0. The van der Waals surface area contributed by atoms with Gasteiger partial charge in [-0.25, -0.2) is 0 Å². The maximum Gasteiger partial charge on any atom is 0.0538 e. The van der Waals surface area contributed by atoms with Crippen molar-refractivity contribution >= 4 is 16.9 Å². The summed E-state index contributed by atoms with van der Waals surface area (Å²) in [5.74, 6) is 0.798. The second-order valence-electron chi connectivity index (χ2n) is 13.4. The number of allylic oxidation sites excluding steroid dienone is 2. The van der Waals surface area contributed by atoms with E-state index in [1.165, 1.54) is 23.2 Å². The standard InChI is InChI=1S/C13H30Si.C7H17Si.C6H12/c1-11(2)13(6,7)14(8,9)10-12(3,4)5;1-7(2,3)6-8(4)5;1-5(2)6(3)4/h11H,10H2,1-9H3;6H2,1-5H3;1-4H3. The van der Waals surface area contributed by atoms with E-state index in [2.05, 4.69) is 123 Å². The molecule has 0 unspecified atom stereocenters. The van der Waals surface area contributed by atoms with Gasteiger partial charge in [0.25, 0.3) is 0 Å². The largest absolute Gasteiger partial charge is 0.0778 e. The molecule has 0 aliphatic carbocycles. The molecule has 0 saturated heterocycles. The molecule has 0 aliphatic rings. The average Bonchev–Trinajstić information content (AvgIpc) is 2.33. The minimum Gasteiger partial charge on any atom is -0.0778 e. The normalized spacial score (nSPS) is 12.9. The van der Waals surface area contributed by atoms with Gasteiger partial charge in [0.2, 0.25) is 0 Å². The smallest absolute Gasteiger partial charge is 0.0538 e. The van der Waals surface area contributed by atoms with E-state index in [1.54, 1.807) is 0 Å². The Morgan fingerprint density at radius 1 is 0.714 bits per heavy atom. The van der Waals surface area contributed by atoms with E-state index in [4.69, 9.17) is 0 Å². The molecule has 0 nitrogen and oxygen atoms in total. The highest BCUT2D eigenvalue weighted by Gasteiger charge is 2.42. The van der Waals surface area contributed by atoms with Crippen LogP contribution in [0.1, 0.15) is 96.9 Å². The Bertz CT molecular complexity index is 420. The first-order valence-electron chi connectivity index (χ1n) is 11.4. The molecule has 0 atom stereocenters. The van der Waals surface area contributed by atoms with E-state index in [9.17, 15) is 0 Å². The van der Waals surface area contributed by atoms with Gasteiger partial charge in [-0.15, -0.1) is 0 Å². The molecule has 0 aromatic heterocycles. The van der Waals surface area contributed by atoms with Gasteiger partial charge in [-0.1, -0.05) is 119 Å². The summed E-state index contributed by atoms with van der Waals surface area (Å²) in [5, 5.41) is 0.542. The quantitative estimate of drug-likeness (QED) is 0.309. The molecule has 0 aromatic carbocycles. The van der Waals surface area contributed by atoms with E-state index >= 15 is 0 Å². The van der Waals surface area contributed by atoms with Gasteiger partial charge in [-0.2, -0.15) is 0 Å². The number of hydrogen-bond acceptors (Lipinski definition) is 0. The fourth-order valence-corrected chi connectivity index (χ4v) is 10.2. The summed E-state index contributed by atoms with van der Waals surface area (Å²) in [6, 6.07) is 2.85. The van der Waals surface area contributed by atoms with Crippen molar-refractivity contribution in [3.8, 4) is 0 Å². The minimum absolute atomic E-state index is 0.00797. The molecule has 0 saturated carbocycles. The zero-order chi connectivity index (χ0) is 23.7. The number of hydrogen-bond donors (Lipinski definition) is 0. The van der Waals surface area contributed by atoms with Crippen LogP contribution in [0.15, 0.2) is 11.1 Å². The second-order valence-corrected chi connectivity index (χ2v) is 21.6. The van der Waals surface area contributed by atoms with Crippen molar-refractivity contribution in [1.29, 1.82) is 0 Å². The van der Waals surface area contributed by atoms with Crippen molar-refractivity contribution in [2.24, 2.45) is 16.7 Å². The van der Waals surface area contributed by atoms with Crippen LogP contribution >= 0.6 is 0 Å². The van der Waals surface area contributed by atoms with Crippen LogP contribution in [-0.2, 0) is 0 Å². The summed E-state index contributed by atoms with van der Waals surface area (Å²) in [6.45, 7) is 42.1. The van der Waals surface area contributed by atoms with Gasteiger partial charge in [-0.05, 0) is 49.5 Å². The summed E-state index contributed by atoms with van der Waals surface area (Å²) >= 11 is 0. The van der Waals surface area contributed by atoms with Crippen LogP contribution in [0, 0.1) is 16.7 Å². The van der Waals surface area contributed by atoms with Crippen molar-refractivity contribution < 1.29 is 0 Å². The zero-order valence-electron chi connectivity index (χ0n) is 23.5. The lowest BCUT2D eigenvalue weighted by molar-refractivity contribution is 0.417. The van der Waals surface area contributed by atoms with E-state index in [0.717, 1.165) is 5.92 Å². The Kier molecular flexibility index (Phi) is 15.0. The van der Waals surface area contributed by atoms with Gasteiger partial charge in [0.15, 0.2) is 0 Å². The predicted octanol–water partition coefficient (Wildman–Crippen LogP) is 10.3. The Labute approximate surface area is 185 Å². The van der Waals surface area contributed by atoms with Crippen LogP contribution in [0.25, 0.3) is 0 Å². The molecule has 0 aliphatic heterocycles. The molecule has 0 N–H and O–H groups in total. The molecule has 1 radical (unpaired) electrons. The molecule has 2 heteroatoms. The summed E-state index contributed by atoms with van der Waals surface area (Å²) < 4.78 is 0. The van der Waals surface area contributed by atoms with Crippen LogP contribution < -0.4 is 0 Å². The molecule has 0 heterocycles. The monoisotopic (exact) mass is 427 g/mol. The SMILES string of the molecule is CC(C)=C(C)C.CC(C)C(C)(C)[Si](C)(C)CC(C)(C)C.C[Si](C)CC(C)(C)C. The highest BCUT2D eigenvalue weighted by molar-refractivity contribution is 6.80. The topological polar surface area (TPSA) is 0 Å². The lowest BCUT2D eigenvalue weighted by Crippen LogP contribution is -2.44. The first kappa shape index (κ1) is 32.8. The molecule has 0 amide bonds. The van der Waals surface area contributed by atoms with E-state index < -0.39 is 8.07 Å². The third-order valence-corrected chi connectivity index (χ3v) is 13.8. The second kappa shape index (κ2) is 12.8. The minimum atomic E-state index is -1.13. The molecule has 28 heavy (non-hydrogen) atoms. The molecule has 171 valence electrons. The van der Waals surface area contributed by atoms with Gasteiger partial charge in [-0.3, -0.25) is 0 Å². The van der Waals surface area contributed by atoms with Crippen LogP contribution in [0.5, 0.6) is 0 Å². The Morgan fingerprint density at radius 3 is 1.14 bits per heavy atom. The fourth-order valence-electron chi connectivity index (χ4n) is 3.40. The van der Waals surface area contributed by atoms with Gasteiger partial charge >= 0.3 is 0 Å². The van der Waals surface area contributed by atoms with Crippen LogP contribution in [0.3, 0.4) is 0 Å². The maximum atomic E-state index is 2.55. The van der Waals surface area contributed by atoms with E-state index in [0.29, 0.717) is 15.9 Å². The molecular formula is C26H59Si2. The lowest BCUT2D eigenvalue weighted by atomic mass is 9.98. The number of rotatable bonds is 4. The average molecular weight is 428 g/mol. The van der Waals surface area contributed by atoms with Crippen LogP contribution in [-0.4, -0.2) is 16.9 Å². The third kappa shape index (κ3) is 18.2. The Morgan fingerprint density at radius 2 is 1.04 bits per heavy atom. The molecule has 0 rings (SSSR count). The molecule has 0 spiro atoms. The van der Waals surface area contributed by atoms with Crippen LogP contribution in [0.2, 0.25) is 43.3 Å². The van der Waals surface area contributed by atoms with Crippen molar-refractivity contribution in [3.05, 3.63) is 11.1 Å². The summed E-state index contributed by atoms with van der Waals surface area (Å²) in [5.41, 5.74) is 3.91. The van der Waals surface area contributed by atoms with Gasteiger partial charge in [0, 0.05) is 8.80 Å². The summed E-state index contributed by atoms with van der Waals surface area (Å²) in [7, 11) is -1.12. The van der Waals surface area contributed by atoms with Crippen molar-refractivity contribution in [2.45, 2.75) is 140 Å². The summed E-state index contributed by atoms with van der Waals surface area (Å²) in [4.78, 5) is 0. The predicted molar refractivity (Wildman–Crippen MR) is 142 cm³/mol. The third-order valence-electron chi connectivity index (χ3n) is 6.04. The van der Waals surface area contributed by atoms with E-state index in [1.807, 2.05) is 0 Å². The first-order valence-corrected chi connectivity index (χ1v) is 17.3. The van der Waals surface area contributed by atoms with Crippen molar-refractivity contribution in [2.75, 3.05) is 0 Å². The van der Waals surface area contributed by atoms with Crippen LogP contribution in [0.4, 0.5) is 0 Å². The van der Waals surface area contributed by atoms with Crippen molar-refractivity contribution in [3.63, 3.8) is 0 Å². The highest BCUT2D eigenvalue weighted by Crippen LogP contribution is 2.48. The highest BCUT2D eigenvalue weighted by atomic mass is 28.3. The van der Waals surface area contributed by atoms with Gasteiger partial charge in [0.1, 0.15) is 0 Å². The molecular weight excluding hydrogens is 368 g/mol. The Hall–Kier alpha value is 0.174.